The van der Waals surface area contributed by atoms with Crippen LogP contribution in [0.2, 0.25) is 0 Å². The maximum atomic E-state index is 13.8. The predicted molar refractivity (Wildman–Crippen MR) is 140 cm³/mol. The van der Waals surface area contributed by atoms with Crippen LogP contribution in [0.5, 0.6) is 0 Å². The quantitative estimate of drug-likeness (QED) is 0.157. The molecule has 7 atom stereocenters. The highest BCUT2D eigenvalue weighted by molar-refractivity contribution is 6.13. The van der Waals surface area contributed by atoms with E-state index in [1.807, 2.05) is 30.3 Å². The highest BCUT2D eigenvalue weighted by atomic mass is 16.7. The number of nitrogens with one attached hydrogen (secondary N) is 2. The smallest absolute Gasteiger partial charge is 0.335 e. The lowest BCUT2D eigenvalue weighted by Crippen LogP contribution is -2.63. The zero-order chi connectivity index (χ0) is 30.1. The number of fused-ring (bicyclic) bond motifs is 1. The third kappa shape index (κ3) is 6.24. The van der Waals surface area contributed by atoms with Crippen molar-refractivity contribution in [2.24, 2.45) is 16.3 Å². The molecule has 41 heavy (non-hydrogen) atoms. The number of carboxylic acid groups (broad SMARTS) is 1. The molecular formula is C26H35N5O10. The molecular weight excluding hydrogens is 542 g/mol. The third-order valence-electron chi connectivity index (χ3n) is 7.45. The highest BCUT2D eigenvalue weighted by Crippen LogP contribution is 2.35. The SMILES string of the molecule is CC(C)(N)C(=O)NC(COC1OC(C(=O)O)C(O)C(O)C1O)C(=O)N1CCC2=NNC(=O)C2(Cc2ccccc2)C1. The molecule has 1 aromatic rings. The monoisotopic (exact) mass is 577 g/mol. The number of hydrogen-bond acceptors (Lipinski definition) is 11. The minimum atomic E-state index is -1.93. The topological polar surface area (TPSA) is 233 Å². The van der Waals surface area contributed by atoms with Crippen molar-refractivity contribution in [3.63, 3.8) is 0 Å². The molecule has 0 bridgehead atoms. The Bertz CT molecular complexity index is 1200. The summed E-state index contributed by atoms with van der Waals surface area (Å²) in [7, 11) is 0. The maximum absolute atomic E-state index is 13.8. The average molecular weight is 578 g/mol. The van der Waals surface area contributed by atoms with Crippen LogP contribution in [-0.4, -0.2) is 117 Å². The summed E-state index contributed by atoms with van der Waals surface area (Å²) in [5, 5.41) is 46.3. The van der Waals surface area contributed by atoms with E-state index in [2.05, 4.69) is 15.8 Å². The summed E-state index contributed by atoms with van der Waals surface area (Å²) < 4.78 is 10.6. The van der Waals surface area contributed by atoms with Crippen molar-refractivity contribution < 1.29 is 49.1 Å². The minimum absolute atomic E-state index is 0.0433. The fourth-order valence-electron chi connectivity index (χ4n) is 5.06. The van der Waals surface area contributed by atoms with Crippen LogP contribution < -0.4 is 16.5 Å². The number of aliphatic carboxylic acids is 1. The number of aliphatic hydroxyl groups excluding tert-OH is 3. The lowest BCUT2D eigenvalue weighted by molar-refractivity contribution is -0.294. The predicted octanol–water partition coefficient (Wildman–Crippen LogP) is -2.94. The molecule has 3 aliphatic heterocycles. The third-order valence-corrected chi connectivity index (χ3v) is 7.45. The van der Waals surface area contributed by atoms with Gasteiger partial charge in [-0.2, -0.15) is 5.10 Å². The minimum Gasteiger partial charge on any atom is -0.479 e. The van der Waals surface area contributed by atoms with Crippen LogP contribution in [-0.2, 0) is 35.1 Å². The molecule has 0 spiro atoms. The van der Waals surface area contributed by atoms with E-state index in [9.17, 15) is 39.6 Å². The van der Waals surface area contributed by atoms with Gasteiger partial charge in [-0.25, -0.2) is 10.2 Å². The van der Waals surface area contributed by atoms with Crippen molar-refractivity contribution in [1.29, 1.82) is 0 Å². The van der Waals surface area contributed by atoms with E-state index in [0.29, 0.717) is 5.71 Å². The number of aliphatic hydroxyl groups is 3. The molecule has 4 rings (SSSR count). The van der Waals surface area contributed by atoms with Gasteiger partial charge < -0.3 is 45.9 Å². The van der Waals surface area contributed by atoms with E-state index in [4.69, 9.17) is 15.2 Å². The summed E-state index contributed by atoms with van der Waals surface area (Å²) >= 11 is 0. The van der Waals surface area contributed by atoms with Crippen LogP contribution in [0.4, 0.5) is 0 Å². The van der Waals surface area contributed by atoms with Crippen molar-refractivity contribution in [2.45, 2.75) is 69.0 Å². The number of nitrogens with two attached hydrogens (primary N) is 1. The molecule has 0 aromatic heterocycles. The van der Waals surface area contributed by atoms with E-state index in [-0.39, 0.29) is 31.8 Å². The summed E-state index contributed by atoms with van der Waals surface area (Å²) in [5.41, 5.74) is 7.38. The van der Waals surface area contributed by atoms with Crippen molar-refractivity contribution in [3.05, 3.63) is 35.9 Å². The van der Waals surface area contributed by atoms with E-state index in [0.717, 1.165) is 5.56 Å². The van der Waals surface area contributed by atoms with Gasteiger partial charge in [-0.1, -0.05) is 30.3 Å². The van der Waals surface area contributed by atoms with Crippen LogP contribution in [0.3, 0.4) is 0 Å². The Morgan fingerprint density at radius 2 is 1.90 bits per heavy atom. The number of likely N-dealkylation sites (tertiary alicyclic amines) is 1. The van der Waals surface area contributed by atoms with Gasteiger partial charge in [0.1, 0.15) is 29.8 Å². The Hall–Kier alpha value is -3.47. The number of hydrogen-bond donors (Lipinski definition) is 7. The second-order valence-corrected chi connectivity index (χ2v) is 11.1. The van der Waals surface area contributed by atoms with Gasteiger partial charge >= 0.3 is 5.97 Å². The van der Waals surface area contributed by atoms with Gasteiger partial charge in [0, 0.05) is 19.5 Å². The number of carbonyl (C=O) groups is 4. The summed E-state index contributed by atoms with van der Waals surface area (Å²) in [4.78, 5) is 52.5. The van der Waals surface area contributed by atoms with Crippen molar-refractivity contribution in [2.75, 3.05) is 19.7 Å². The van der Waals surface area contributed by atoms with Crippen LogP contribution in [0, 0.1) is 5.41 Å². The molecule has 8 N–H and O–H groups in total. The zero-order valence-corrected chi connectivity index (χ0v) is 22.6. The fourth-order valence-corrected chi connectivity index (χ4v) is 5.06. The van der Waals surface area contributed by atoms with E-state index in [1.54, 1.807) is 0 Å². The lowest BCUT2D eigenvalue weighted by atomic mass is 9.73. The molecule has 0 radical (unpaired) electrons. The first kappa shape index (κ1) is 30.5. The van der Waals surface area contributed by atoms with Crippen molar-refractivity contribution in [1.82, 2.24) is 15.6 Å². The molecule has 0 aliphatic carbocycles. The summed E-state index contributed by atoms with van der Waals surface area (Å²) in [6, 6.07) is 7.86. The van der Waals surface area contributed by atoms with Crippen molar-refractivity contribution in [3.8, 4) is 0 Å². The first-order chi connectivity index (χ1) is 19.2. The van der Waals surface area contributed by atoms with Gasteiger partial charge in [-0.3, -0.25) is 14.4 Å². The molecule has 1 aromatic carbocycles. The lowest BCUT2D eigenvalue weighted by Gasteiger charge is -2.41. The normalized spacial score (nSPS) is 30.6. The molecule has 7 unspecified atom stereocenters. The van der Waals surface area contributed by atoms with Gasteiger partial charge in [-0.05, 0) is 25.8 Å². The van der Waals surface area contributed by atoms with Gasteiger partial charge in [0.2, 0.25) is 11.8 Å². The summed E-state index contributed by atoms with van der Waals surface area (Å²) in [5.74, 6) is -3.30. The van der Waals surface area contributed by atoms with Crippen LogP contribution in [0.15, 0.2) is 35.4 Å². The second-order valence-electron chi connectivity index (χ2n) is 11.1. The number of hydrazone groups is 1. The van der Waals surface area contributed by atoms with Gasteiger partial charge in [0.05, 0.1) is 17.9 Å². The number of amides is 3. The van der Waals surface area contributed by atoms with Gasteiger partial charge in [-0.15, -0.1) is 0 Å². The molecule has 2 fully saturated rings. The summed E-state index contributed by atoms with van der Waals surface area (Å²) in [6.45, 7) is 2.37. The van der Waals surface area contributed by atoms with Crippen LogP contribution in [0.1, 0.15) is 25.8 Å². The molecule has 3 aliphatic rings. The number of ether oxygens (including phenoxy) is 2. The summed E-state index contributed by atoms with van der Waals surface area (Å²) in [6.07, 6.45) is -8.80. The maximum Gasteiger partial charge on any atom is 0.335 e. The van der Waals surface area contributed by atoms with Crippen LogP contribution in [0.25, 0.3) is 0 Å². The van der Waals surface area contributed by atoms with E-state index >= 15 is 0 Å². The van der Waals surface area contributed by atoms with E-state index < -0.39 is 72.1 Å². The molecule has 15 nitrogen and oxygen atoms in total. The molecule has 224 valence electrons. The largest absolute Gasteiger partial charge is 0.479 e. The zero-order valence-electron chi connectivity index (χ0n) is 22.6. The highest BCUT2D eigenvalue weighted by Gasteiger charge is 2.52. The first-order valence-electron chi connectivity index (χ1n) is 13.1. The Balaban J connectivity index is 1.55. The first-order valence-corrected chi connectivity index (χ1v) is 13.1. The fraction of sp³-hybridized carbons (Fsp3) is 0.577. The number of rotatable bonds is 9. The van der Waals surface area contributed by atoms with Gasteiger partial charge in [0.25, 0.3) is 5.91 Å². The van der Waals surface area contributed by atoms with E-state index in [1.165, 1.54) is 18.7 Å². The number of carboxylic acids is 1. The Morgan fingerprint density at radius 3 is 2.54 bits per heavy atom. The number of benzene rings is 1. The number of piperidine rings is 1. The molecule has 3 heterocycles. The number of nitrogens with zero attached hydrogens (tertiary/aromatic N) is 2. The average Bonchev–Trinajstić information content (AvgIpc) is 3.24. The molecule has 15 heteroatoms. The molecule has 3 amide bonds. The van der Waals surface area contributed by atoms with Crippen molar-refractivity contribution >= 4 is 29.4 Å². The van der Waals surface area contributed by atoms with Gasteiger partial charge in [0.15, 0.2) is 12.4 Å². The Labute approximate surface area is 235 Å². The Kier molecular flexibility index (Phi) is 8.77. The second kappa shape index (κ2) is 11.8. The Morgan fingerprint density at radius 1 is 1.22 bits per heavy atom. The molecule has 2 saturated heterocycles. The number of carbonyl (C=O) groups excluding carboxylic acids is 3. The van der Waals surface area contributed by atoms with Crippen LogP contribution >= 0.6 is 0 Å². The molecule has 0 saturated carbocycles. The standard InChI is InChI=1S/C26H35N5O10/c1-25(2,27)23(38)28-14(11-40-22-18(34)16(32)17(33)19(41-22)21(36)37)20(35)31-9-8-15-26(12-31,24(39)30-29-15)10-13-6-4-3-5-7-13/h3-7,14,16-19,22,32-34H,8-12,27H2,1-2H3,(H,28,38)(H,30,39)(H,36,37).